The van der Waals surface area contributed by atoms with Gasteiger partial charge in [-0.15, -0.1) is 0 Å². The molecule has 0 radical (unpaired) electrons. The molecule has 11 heteroatoms. The van der Waals surface area contributed by atoms with Crippen LogP contribution in [0.5, 0.6) is 0 Å². The van der Waals surface area contributed by atoms with E-state index in [1.165, 1.54) is 28.2 Å². The lowest BCUT2D eigenvalue weighted by molar-refractivity contribution is -0.384. The van der Waals surface area contributed by atoms with Gasteiger partial charge in [0.2, 0.25) is 5.91 Å². The van der Waals surface area contributed by atoms with Crippen molar-refractivity contribution < 1.29 is 23.7 Å². The van der Waals surface area contributed by atoms with Crippen LogP contribution in [-0.4, -0.2) is 52.3 Å². The van der Waals surface area contributed by atoms with Gasteiger partial charge in [-0.1, -0.05) is 53.6 Å². The van der Waals surface area contributed by atoms with Crippen molar-refractivity contribution in [1.29, 1.82) is 0 Å². The molecule has 3 aromatic carbocycles. The van der Waals surface area contributed by atoms with Crippen molar-refractivity contribution in [3.05, 3.63) is 121 Å². The molecule has 43 heavy (non-hydrogen) atoms. The zero-order chi connectivity index (χ0) is 30.5. The van der Waals surface area contributed by atoms with Crippen LogP contribution in [0, 0.1) is 17.0 Å². The molecule has 2 amide bonds. The van der Waals surface area contributed by atoms with Gasteiger partial charge in [0.15, 0.2) is 5.43 Å². The number of nitro benzene ring substituents is 1. The summed E-state index contributed by atoms with van der Waals surface area (Å²) in [7, 11) is 0. The Labute approximate surface area is 252 Å². The van der Waals surface area contributed by atoms with Crippen molar-refractivity contribution in [1.82, 2.24) is 9.80 Å². The van der Waals surface area contributed by atoms with E-state index in [1.54, 1.807) is 12.1 Å². The van der Waals surface area contributed by atoms with E-state index in [4.69, 9.17) is 20.8 Å². The van der Waals surface area contributed by atoms with E-state index in [2.05, 4.69) is 0 Å². The van der Waals surface area contributed by atoms with Crippen molar-refractivity contribution in [3.8, 4) is 0 Å². The van der Waals surface area contributed by atoms with Crippen LogP contribution in [0.1, 0.15) is 39.9 Å². The maximum absolute atomic E-state index is 14.0. The number of rotatable bonds is 10. The predicted octanol–water partition coefficient (Wildman–Crippen LogP) is 5.51. The normalized spacial score (nSPS) is 14.5. The van der Waals surface area contributed by atoms with Gasteiger partial charge in [0.1, 0.15) is 12.1 Å². The molecule has 1 aliphatic rings. The third kappa shape index (κ3) is 7.10. The van der Waals surface area contributed by atoms with Crippen LogP contribution in [-0.2, 0) is 22.6 Å². The standard InChI is InChI=1S/C32H30ClN3O7/c1-21-9-12-29-27(14-21)31(38)23(20-43-29)17-34(16-22-6-3-2-4-7-22)30(37)19-35(18-25-8-5-13-42-25)32(39)26-11-10-24(36(40)41)15-28(26)33/h2-4,6-7,9-12,14-15,20,25H,5,8,13,16-19H2,1H3/t25-/m0/s1. The molecule has 0 saturated carbocycles. The molecule has 0 N–H and O–H groups in total. The second-order valence-electron chi connectivity index (χ2n) is 10.6. The number of hydrogen-bond donors (Lipinski definition) is 0. The lowest BCUT2D eigenvalue weighted by atomic mass is 10.1. The monoisotopic (exact) mass is 603 g/mol. The Morgan fingerprint density at radius 3 is 2.53 bits per heavy atom. The fourth-order valence-corrected chi connectivity index (χ4v) is 5.37. The molecule has 1 saturated heterocycles. The molecule has 10 nitrogen and oxygen atoms in total. The zero-order valence-electron chi connectivity index (χ0n) is 23.5. The number of carbonyl (C=O) groups is 2. The minimum atomic E-state index is -0.597. The number of non-ortho nitro benzene ring substituents is 1. The van der Waals surface area contributed by atoms with Gasteiger partial charge in [0.25, 0.3) is 11.6 Å². The average molecular weight is 604 g/mol. The van der Waals surface area contributed by atoms with Gasteiger partial charge in [-0.05, 0) is 43.5 Å². The largest absolute Gasteiger partial charge is 0.464 e. The number of ether oxygens (including phenoxy) is 1. The minimum absolute atomic E-state index is 0.0400. The molecule has 0 unspecified atom stereocenters. The van der Waals surface area contributed by atoms with Gasteiger partial charge in [0.05, 0.1) is 45.4 Å². The van der Waals surface area contributed by atoms with Gasteiger partial charge < -0.3 is 19.0 Å². The molecule has 2 heterocycles. The Morgan fingerprint density at radius 1 is 1.05 bits per heavy atom. The Kier molecular flexibility index (Phi) is 9.18. The molecule has 222 valence electrons. The summed E-state index contributed by atoms with van der Waals surface area (Å²) < 4.78 is 11.5. The highest BCUT2D eigenvalue weighted by molar-refractivity contribution is 6.34. The Morgan fingerprint density at radius 2 is 1.84 bits per heavy atom. The van der Waals surface area contributed by atoms with Gasteiger partial charge in [-0.25, -0.2) is 0 Å². The predicted molar refractivity (Wildman–Crippen MR) is 161 cm³/mol. The third-order valence-corrected chi connectivity index (χ3v) is 7.70. The van der Waals surface area contributed by atoms with Crippen molar-refractivity contribution in [2.24, 2.45) is 0 Å². The number of aryl methyl sites for hydroxylation is 1. The van der Waals surface area contributed by atoms with E-state index in [0.717, 1.165) is 30.0 Å². The summed E-state index contributed by atoms with van der Waals surface area (Å²) in [6, 6.07) is 18.3. The first-order valence-electron chi connectivity index (χ1n) is 13.9. The molecule has 1 aromatic heterocycles. The number of nitro groups is 1. The SMILES string of the molecule is Cc1ccc2occ(CN(Cc3ccccc3)C(=O)CN(C[C@@H]3CCCO3)C(=O)c3ccc([N+](=O)[O-])cc3Cl)c(=O)c2c1. The molecule has 4 aromatic rings. The van der Waals surface area contributed by atoms with Gasteiger partial charge >= 0.3 is 0 Å². The lowest BCUT2D eigenvalue weighted by Crippen LogP contribution is -2.45. The number of fused-ring (bicyclic) bond motifs is 1. The van der Waals surface area contributed by atoms with Crippen molar-refractivity contribution in [2.75, 3.05) is 19.7 Å². The zero-order valence-corrected chi connectivity index (χ0v) is 24.3. The maximum Gasteiger partial charge on any atom is 0.270 e. The molecule has 1 atom stereocenters. The first-order valence-corrected chi connectivity index (χ1v) is 14.2. The number of carbonyl (C=O) groups excluding carboxylic acids is 2. The molecule has 0 bridgehead atoms. The number of amides is 2. The maximum atomic E-state index is 14.0. The summed E-state index contributed by atoms with van der Waals surface area (Å²) >= 11 is 6.30. The summed E-state index contributed by atoms with van der Waals surface area (Å²) in [6.45, 7) is 2.39. The van der Waals surface area contributed by atoms with Gasteiger partial charge in [0, 0.05) is 31.8 Å². The van der Waals surface area contributed by atoms with Crippen LogP contribution in [0.15, 0.2) is 82.2 Å². The van der Waals surface area contributed by atoms with Gasteiger partial charge in [-0.3, -0.25) is 24.5 Å². The number of hydrogen-bond acceptors (Lipinski definition) is 7. The second-order valence-corrected chi connectivity index (χ2v) is 11.0. The van der Waals surface area contributed by atoms with Crippen LogP contribution in [0.3, 0.4) is 0 Å². The van der Waals surface area contributed by atoms with Crippen molar-refractivity contribution in [2.45, 2.75) is 39.0 Å². The fourth-order valence-electron chi connectivity index (χ4n) is 5.11. The molecule has 0 spiro atoms. The minimum Gasteiger partial charge on any atom is -0.464 e. The van der Waals surface area contributed by atoms with Crippen molar-refractivity contribution in [3.63, 3.8) is 0 Å². The molecule has 5 rings (SSSR count). The first-order chi connectivity index (χ1) is 20.7. The average Bonchev–Trinajstić information content (AvgIpc) is 3.51. The van der Waals surface area contributed by atoms with Crippen LogP contribution >= 0.6 is 11.6 Å². The number of benzene rings is 3. The quantitative estimate of drug-likeness (QED) is 0.173. The Bertz CT molecular complexity index is 1720. The summed E-state index contributed by atoms with van der Waals surface area (Å²) in [5.74, 6) is -0.957. The van der Waals surface area contributed by atoms with Crippen molar-refractivity contribution >= 4 is 40.1 Å². The number of nitrogens with zero attached hydrogens (tertiary/aromatic N) is 3. The third-order valence-electron chi connectivity index (χ3n) is 7.38. The highest BCUT2D eigenvalue weighted by atomic mass is 35.5. The van der Waals surface area contributed by atoms with E-state index in [9.17, 15) is 24.5 Å². The number of halogens is 1. The molecule has 1 aliphatic heterocycles. The summed E-state index contributed by atoms with van der Waals surface area (Å²) in [4.78, 5) is 54.6. The Hall–Kier alpha value is -4.54. The van der Waals surface area contributed by atoms with E-state index >= 15 is 0 Å². The Balaban J connectivity index is 1.45. The fraction of sp³-hybridized carbons (Fsp3) is 0.281. The topological polar surface area (TPSA) is 123 Å². The van der Waals surface area contributed by atoms with E-state index in [1.807, 2.05) is 43.3 Å². The van der Waals surface area contributed by atoms with E-state index in [0.29, 0.717) is 23.1 Å². The summed E-state index contributed by atoms with van der Waals surface area (Å²) in [5.41, 5.74) is 2.06. The van der Waals surface area contributed by atoms with Crippen LogP contribution in [0.25, 0.3) is 11.0 Å². The molecular weight excluding hydrogens is 574 g/mol. The first kappa shape index (κ1) is 29.9. The molecule has 1 fully saturated rings. The second kappa shape index (κ2) is 13.2. The highest BCUT2D eigenvalue weighted by Gasteiger charge is 2.29. The van der Waals surface area contributed by atoms with E-state index in [-0.39, 0.29) is 54.0 Å². The lowest BCUT2D eigenvalue weighted by Gasteiger charge is -2.29. The van der Waals surface area contributed by atoms with Crippen LogP contribution < -0.4 is 5.43 Å². The van der Waals surface area contributed by atoms with Gasteiger partial charge in [-0.2, -0.15) is 0 Å². The van der Waals surface area contributed by atoms with E-state index < -0.39 is 16.7 Å². The molecular formula is C32H30ClN3O7. The summed E-state index contributed by atoms with van der Waals surface area (Å²) in [5, 5.41) is 11.5. The highest BCUT2D eigenvalue weighted by Crippen LogP contribution is 2.25. The van der Waals surface area contributed by atoms with Crippen LogP contribution in [0.2, 0.25) is 5.02 Å². The molecule has 0 aliphatic carbocycles. The van der Waals surface area contributed by atoms with Crippen LogP contribution in [0.4, 0.5) is 5.69 Å². The summed E-state index contributed by atoms with van der Waals surface area (Å²) in [6.07, 6.45) is 2.65. The smallest absolute Gasteiger partial charge is 0.270 e.